The first-order valence-corrected chi connectivity index (χ1v) is 9.60. The Hall–Kier alpha value is -3.44. The Kier molecular flexibility index (Phi) is 4.45. The van der Waals surface area contributed by atoms with Gasteiger partial charge in [0.1, 0.15) is 36.5 Å². The monoisotopic (exact) mass is 421 g/mol. The molecular weight excluding hydrogens is 402 g/mol. The summed E-state index contributed by atoms with van der Waals surface area (Å²) in [6, 6.07) is 12.5. The second-order valence-corrected chi connectivity index (χ2v) is 7.37. The summed E-state index contributed by atoms with van der Waals surface area (Å²) in [6.07, 6.45) is -1.99. The molecule has 2 aromatic heterocycles. The molecule has 1 aliphatic rings. The molecule has 0 aliphatic carbocycles. The van der Waals surface area contributed by atoms with Gasteiger partial charge in [0.25, 0.3) is 0 Å². The average molecular weight is 421 g/mol. The summed E-state index contributed by atoms with van der Waals surface area (Å²) >= 11 is 0. The van der Waals surface area contributed by atoms with Crippen LogP contribution in [0.3, 0.4) is 0 Å². The fourth-order valence-electron chi connectivity index (χ4n) is 4.16. The highest BCUT2D eigenvalue weighted by Gasteiger charge is 2.61. The highest BCUT2D eigenvalue weighted by Crippen LogP contribution is 2.41. The summed E-state index contributed by atoms with van der Waals surface area (Å²) in [7, 11) is 0. The molecule has 10 heteroatoms. The molecule has 0 radical (unpaired) electrons. The summed E-state index contributed by atoms with van der Waals surface area (Å²) in [5, 5.41) is 32.8. The normalized spacial score (nSPS) is 26.0. The number of aliphatic hydroxyl groups is 3. The van der Waals surface area contributed by atoms with Gasteiger partial charge in [0.05, 0.1) is 6.61 Å². The maximum Gasteiger partial charge on any atom is 0.241 e. The van der Waals surface area contributed by atoms with Gasteiger partial charge in [0.2, 0.25) is 11.5 Å². The van der Waals surface area contributed by atoms with Gasteiger partial charge in [0, 0.05) is 5.56 Å². The number of benzene rings is 2. The Bertz CT molecular complexity index is 1300. The lowest BCUT2D eigenvalue weighted by Gasteiger charge is -2.32. The zero-order valence-corrected chi connectivity index (χ0v) is 16.2. The second-order valence-electron chi connectivity index (χ2n) is 7.37. The molecule has 4 atom stereocenters. The van der Waals surface area contributed by atoms with Crippen LogP contribution in [-0.4, -0.2) is 65.5 Å². The quantitative estimate of drug-likeness (QED) is 0.338. The average Bonchev–Trinajstić information content (AvgIpc) is 3.34. The fourth-order valence-corrected chi connectivity index (χ4v) is 4.16. The Morgan fingerprint density at radius 2 is 1.90 bits per heavy atom. The van der Waals surface area contributed by atoms with Crippen molar-refractivity contribution in [1.29, 1.82) is 0 Å². The van der Waals surface area contributed by atoms with Crippen LogP contribution in [0.1, 0.15) is 10.4 Å². The molecule has 0 unspecified atom stereocenters. The summed E-state index contributed by atoms with van der Waals surface area (Å²) in [5.74, 6) is -0.536. The number of aliphatic hydroxyl groups excluding tert-OH is 3. The molecular formula is C21H19N5O5. The minimum Gasteiger partial charge on any atom is -0.394 e. The summed E-state index contributed by atoms with van der Waals surface area (Å²) in [6.45, 7) is -0.605. The van der Waals surface area contributed by atoms with Gasteiger partial charge in [-0.2, -0.15) is 0 Å². The maximum absolute atomic E-state index is 14.0. The van der Waals surface area contributed by atoms with Crippen LogP contribution in [0.2, 0.25) is 0 Å². The second kappa shape index (κ2) is 7.06. The number of rotatable bonds is 4. The number of carbonyl (C=O) groups excluding carboxylic acids is 1. The van der Waals surface area contributed by atoms with Crippen molar-refractivity contribution < 1.29 is 24.9 Å². The number of fused-ring (bicyclic) bond motifs is 2. The lowest BCUT2D eigenvalue weighted by atomic mass is 9.90. The lowest BCUT2D eigenvalue weighted by molar-refractivity contribution is -0.113. The van der Waals surface area contributed by atoms with Crippen LogP contribution in [0, 0.1) is 0 Å². The first-order chi connectivity index (χ1) is 15.0. The molecule has 4 aromatic rings. The van der Waals surface area contributed by atoms with E-state index in [0.717, 1.165) is 5.39 Å². The number of carbonyl (C=O) groups is 1. The number of hydrogen-bond donors (Lipinski definition) is 4. The number of anilines is 1. The van der Waals surface area contributed by atoms with Crippen molar-refractivity contribution in [2.45, 2.75) is 24.0 Å². The van der Waals surface area contributed by atoms with Gasteiger partial charge in [0.15, 0.2) is 11.5 Å². The molecule has 158 valence electrons. The van der Waals surface area contributed by atoms with Gasteiger partial charge in [-0.15, -0.1) is 0 Å². The molecule has 0 saturated carbocycles. The van der Waals surface area contributed by atoms with E-state index >= 15 is 0 Å². The Morgan fingerprint density at radius 3 is 2.68 bits per heavy atom. The van der Waals surface area contributed by atoms with Crippen molar-refractivity contribution in [3.05, 3.63) is 60.7 Å². The van der Waals surface area contributed by atoms with Crippen LogP contribution in [0.25, 0.3) is 21.9 Å². The van der Waals surface area contributed by atoms with Crippen LogP contribution in [-0.2, 0) is 10.5 Å². The van der Waals surface area contributed by atoms with Crippen molar-refractivity contribution in [1.82, 2.24) is 19.5 Å². The molecule has 0 bridgehead atoms. The van der Waals surface area contributed by atoms with Crippen LogP contribution < -0.4 is 5.73 Å². The number of ketones is 1. The van der Waals surface area contributed by atoms with Gasteiger partial charge in [-0.25, -0.2) is 15.0 Å². The molecule has 10 nitrogen and oxygen atoms in total. The molecule has 0 amide bonds. The van der Waals surface area contributed by atoms with E-state index in [1.807, 2.05) is 18.2 Å². The van der Waals surface area contributed by atoms with E-state index in [-0.39, 0.29) is 22.5 Å². The van der Waals surface area contributed by atoms with Crippen LogP contribution in [0.5, 0.6) is 0 Å². The molecule has 3 heterocycles. The van der Waals surface area contributed by atoms with Crippen LogP contribution in [0.4, 0.5) is 5.82 Å². The van der Waals surface area contributed by atoms with Crippen molar-refractivity contribution in [2.75, 3.05) is 12.3 Å². The molecule has 5 rings (SSSR count). The smallest absolute Gasteiger partial charge is 0.241 e. The highest BCUT2D eigenvalue weighted by atomic mass is 16.6. The summed E-state index contributed by atoms with van der Waals surface area (Å²) in [5.41, 5.74) is 4.38. The molecule has 2 aromatic carbocycles. The van der Waals surface area contributed by atoms with Gasteiger partial charge < -0.3 is 25.8 Å². The number of hydrogen-bond acceptors (Lipinski definition) is 9. The standard InChI is InChI=1S/C21H19N5O5/c22-19-15-20(24-9-23-19)26(10-25-15)21(18(30)16(28)14(8-27)31-21)17(29)13-7-3-5-11-4-1-2-6-12(11)13/h1-7,9-10,14,16,18,27-28,30H,8H2,(H2,22,23,24)/t14-,16-,18-,21-/m1/s1. The molecule has 1 fully saturated rings. The van der Waals surface area contributed by atoms with Crippen LogP contribution in [0.15, 0.2) is 55.1 Å². The van der Waals surface area contributed by atoms with E-state index in [2.05, 4.69) is 15.0 Å². The van der Waals surface area contributed by atoms with E-state index in [0.29, 0.717) is 5.39 Å². The van der Waals surface area contributed by atoms with Crippen molar-refractivity contribution in [3.8, 4) is 0 Å². The zero-order chi connectivity index (χ0) is 21.8. The number of aromatic nitrogens is 4. The van der Waals surface area contributed by atoms with Crippen molar-refractivity contribution in [2.24, 2.45) is 0 Å². The van der Waals surface area contributed by atoms with E-state index in [9.17, 15) is 20.1 Å². The number of nitrogens with two attached hydrogens (primary N) is 1. The number of nitrogens with zero attached hydrogens (tertiary/aromatic N) is 4. The van der Waals surface area contributed by atoms with Gasteiger partial charge in [-0.05, 0) is 10.8 Å². The van der Waals surface area contributed by atoms with Gasteiger partial charge in [-0.3, -0.25) is 9.36 Å². The van der Waals surface area contributed by atoms with Gasteiger partial charge >= 0.3 is 0 Å². The lowest BCUT2D eigenvalue weighted by Crippen LogP contribution is -2.51. The number of imidazole rings is 1. The van der Waals surface area contributed by atoms with Crippen LogP contribution >= 0.6 is 0 Å². The molecule has 5 N–H and O–H groups in total. The summed E-state index contributed by atoms with van der Waals surface area (Å²) in [4.78, 5) is 26.3. The third-order valence-corrected chi connectivity index (χ3v) is 5.70. The van der Waals surface area contributed by atoms with Crippen molar-refractivity contribution >= 4 is 33.5 Å². The third kappa shape index (κ3) is 2.66. The van der Waals surface area contributed by atoms with E-state index in [4.69, 9.17) is 10.5 Å². The molecule has 31 heavy (non-hydrogen) atoms. The molecule has 1 saturated heterocycles. The number of nitrogen functional groups attached to an aromatic ring is 1. The fraction of sp³-hybridized carbons (Fsp3) is 0.238. The topological polar surface area (TPSA) is 157 Å². The Morgan fingerprint density at radius 1 is 1.13 bits per heavy atom. The van der Waals surface area contributed by atoms with E-state index in [1.165, 1.54) is 17.2 Å². The third-order valence-electron chi connectivity index (χ3n) is 5.70. The van der Waals surface area contributed by atoms with Gasteiger partial charge in [-0.1, -0.05) is 42.5 Å². The Labute approximate surface area is 175 Å². The Balaban J connectivity index is 1.79. The SMILES string of the molecule is Nc1ncnc2c1ncn2[C@]1(C(=O)c2cccc3ccccc23)O[C@H](CO)[C@@H](O)[C@H]1O. The maximum atomic E-state index is 14.0. The predicted octanol–water partition coefficient (Wildman–Crippen LogP) is 0.210. The van der Waals surface area contributed by atoms with E-state index in [1.54, 1.807) is 24.3 Å². The largest absolute Gasteiger partial charge is 0.394 e. The first-order valence-electron chi connectivity index (χ1n) is 9.60. The molecule has 1 aliphatic heterocycles. The summed E-state index contributed by atoms with van der Waals surface area (Å²) < 4.78 is 7.15. The van der Waals surface area contributed by atoms with E-state index < -0.39 is 36.4 Å². The predicted molar refractivity (Wildman–Crippen MR) is 110 cm³/mol. The number of ether oxygens (including phenoxy) is 1. The first kappa shape index (κ1) is 19.5. The number of Topliss-reactive ketones (excluding diaryl/α,β-unsaturated/α-hetero) is 1. The minimum atomic E-state index is -2.13. The minimum absolute atomic E-state index is 0.0863. The van der Waals surface area contributed by atoms with Crippen molar-refractivity contribution in [3.63, 3.8) is 0 Å². The zero-order valence-electron chi connectivity index (χ0n) is 16.2. The molecule has 0 spiro atoms. The highest BCUT2D eigenvalue weighted by molar-refractivity contribution is 6.11.